The molecule has 5 nitrogen and oxygen atoms in total. The van der Waals surface area contributed by atoms with E-state index in [2.05, 4.69) is 10.6 Å². The average Bonchev–Trinajstić information content (AvgIpc) is 2.27. The normalized spacial score (nSPS) is 25.1. The van der Waals surface area contributed by atoms with Gasteiger partial charge in [-0.1, -0.05) is 0 Å². The molecule has 1 saturated carbocycles. The minimum absolute atomic E-state index is 0.00265. The molecule has 92 valence electrons. The molecular formula is C11H20N2O3. The first-order valence-corrected chi connectivity index (χ1v) is 5.77. The number of nitrogens with one attached hydrogen (secondary N) is 2. The van der Waals surface area contributed by atoms with Crippen molar-refractivity contribution in [1.82, 2.24) is 10.6 Å². The van der Waals surface area contributed by atoms with Crippen LogP contribution in [0.2, 0.25) is 0 Å². The number of hydrogen-bond donors (Lipinski definition) is 3. The van der Waals surface area contributed by atoms with Gasteiger partial charge in [-0.25, -0.2) is 0 Å². The van der Waals surface area contributed by atoms with E-state index in [0.29, 0.717) is 19.0 Å². The maximum absolute atomic E-state index is 11.2. The van der Waals surface area contributed by atoms with Gasteiger partial charge in [-0.15, -0.1) is 0 Å². The molecule has 16 heavy (non-hydrogen) atoms. The fourth-order valence-electron chi connectivity index (χ4n) is 2.09. The number of carbonyl (C=O) groups is 2. The second kappa shape index (κ2) is 6.48. The molecule has 0 aromatic carbocycles. The Labute approximate surface area is 95.6 Å². The van der Waals surface area contributed by atoms with Gasteiger partial charge >= 0.3 is 5.97 Å². The van der Waals surface area contributed by atoms with E-state index in [1.807, 2.05) is 0 Å². The lowest BCUT2D eigenvalue weighted by atomic mass is 9.82. The molecule has 0 bridgehead atoms. The highest BCUT2D eigenvalue weighted by Crippen LogP contribution is 2.28. The highest BCUT2D eigenvalue weighted by molar-refractivity contribution is 5.77. The van der Waals surface area contributed by atoms with Gasteiger partial charge in [0.15, 0.2) is 0 Å². The molecule has 5 heteroatoms. The SMILES string of the molecule is CNCC(=O)NCC1CCC(C(=O)O)CC1. The van der Waals surface area contributed by atoms with Crippen LogP contribution in [0.25, 0.3) is 0 Å². The Kier molecular flexibility index (Phi) is 5.25. The smallest absolute Gasteiger partial charge is 0.306 e. The molecule has 3 N–H and O–H groups in total. The molecule has 0 aliphatic heterocycles. The quantitative estimate of drug-likeness (QED) is 0.628. The van der Waals surface area contributed by atoms with Crippen LogP contribution in [0.4, 0.5) is 0 Å². The van der Waals surface area contributed by atoms with E-state index in [1.165, 1.54) is 0 Å². The van der Waals surface area contributed by atoms with Gasteiger partial charge in [0.05, 0.1) is 12.5 Å². The predicted molar refractivity (Wildman–Crippen MR) is 60.0 cm³/mol. The number of carboxylic acids is 1. The lowest BCUT2D eigenvalue weighted by molar-refractivity contribution is -0.143. The average molecular weight is 228 g/mol. The topological polar surface area (TPSA) is 78.4 Å². The Balaban J connectivity index is 2.17. The second-order valence-electron chi connectivity index (χ2n) is 4.39. The van der Waals surface area contributed by atoms with Gasteiger partial charge in [-0.3, -0.25) is 9.59 Å². The summed E-state index contributed by atoms with van der Waals surface area (Å²) in [6, 6.07) is 0. The molecule has 0 aromatic rings. The molecule has 0 radical (unpaired) electrons. The molecule has 1 rings (SSSR count). The van der Waals surface area contributed by atoms with Crippen LogP contribution in [0.3, 0.4) is 0 Å². The largest absolute Gasteiger partial charge is 0.481 e. The predicted octanol–water partition coefficient (Wildman–Crippen LogP) is 0.213. The van der Waals surface area contributed by atoms with Crippen LogP contribution in [0.15, 0.2) is 0 Å². The summed E-state index contributed by atoms with van der Waals surface area (Å²) in [5.74, 6) is -0.416. The Morgan fingerprint density at radius 3 is 2.38 bits per heavy atom. The monoisotopic (exact) mass is 228 g/mol. The lowest BCUT2D eigenvalue weighted by Crippen LogP contribution is -2.36. The van der Waals surface area contributed by atoms with Crippen LogP contribution in [-0.2, 0) is 9.59 Å². The van der Waals surface area contributed by atoms with Gasteiger partial charge in [-0.2, -0.15) is 0 Å². The van der Waals surface area contributed by atoms with Crippen LogP contribution in [-0.4, -0.2) is 37.1 Å². The van der Waals surface area contributed by atoms with Gasteiger partial charge in [-0.05, 0) is 38.6 Å². The Morgan fingerprint density at radius 1 is 1.25 bits per heavy atom. The molecule has 0 aromatic heterocycles. The summed E-state index contributed by atoms with van der Waals surface area (Å²) in [7, 11) is 1.73. The molecule has 1 fully saturated rings. The van der Waals surface area contributed by atoms with E-state index >= 15 is 0 Å². The summed E-state index contributed by atoms with van der Waals surface area (Å²) in [4.78, 5) is 21.9. The third-order valence-electron chi connectivity index (χ3n) is 3.12. The second-order valence-corrected chi connectivity index (χ2v) is 4.39. The first kappa shape index (κ1) is 13.0. The number of amides is 1. The van der Waals surface area contributed by atoms with E-state index < -0.39 is 5.97 Å². The number of likely N-dealkylation sites (N-methyl/N-ethyl adjacent to an activating group) is 1. The number of rotatable bonds is 5. The van der Waals surface area contributed by atoms with Crippen LogP contribution in [0.5, 0.6) is 0 Å². The van der Waals surface area contributed by atoms with Crippen LogP contribution in [0, 0.1) is 11.8 Å². The van der Waals surface area contributed by atoms with Gasteiger partial charge in [0.25, 0.3) is 0 Å². The molecule has 1 aliphatic carbocycles. The number of carbonyl (C=O) groups excluding carboxylic acids is 1. The van der Waals surface area contributed by atoms with Crippen molar-refractivity contribution in [3.8, 4) is 0 Å². The molecule has 0 spiro atoms. The summed E-state index contributed by atoms with van der Waals surface area (Å²) < 4.78 is 0. The molecular weight excluding hydrogens is 208 g/mol. The summed E-state index contributed by atoms with van der Waals surface area (Å²) in [5, 5.41) is 14.5. The van der Waals surface area contributed by atoms with E-state index in [1.54, 1.807) is 7.05 Å². The maximum atomic E-state index is 11.2. The Hall–Kier alpha value is -1.10. The molecule has 1 amide bonds. The van der Waals surface area contributed by atoms with E-state index in [0.717, 1.165) is 25.7 Å². The first-order valence-electron chi connectivity index (χ1n) is 5.77. The zero-order valence-electron chi connectivity index (χ0n) is 9.66. The Morgan fingerprint density at radius 2 is 1.88 bits per heavy atom. The minimum Gasteiger partial charge on any atom is -0.481 e. The standard InChI is InChI=1S/C11H20N2O3/c1-12-7-10(14)13-6-8-2-4-9(5-3-8)11(15)16/h8-9,12H,2-7H2,1H3,(H,13,14)(H,15,16). The van der Waals surface area contributed by atoms with Crippen molar-refractivity contribution in [3.63, 3.8) is 0 Å². The Bertz CT molecular complexity index is 248. The van der Waals surface area contributed by atoms with Crippen LogP contribution in [0.1, 0.15) is 25.7 Å². The van der Waals surface area contributed by atoms with Crippen molar-refractivity contribution in [1.29, 1.82) is 0 Å². The maximum Gasteiger partial charge on any atom is 0.306 e. The summed E-state index contributed by atoms with van der Waals surface area (Å²) in [6.07, 6.45) is 3.28. The summed E-state index contributed by atoms with van der Waals surface area (Å²) in [5.41, 5.74) is 0. The van der Waals surface area contributed by atoms with Crippen molar-refractivity contribution in [2.24, 2.45) is 11.8 Å². The third kappa shape index (κ3) is 4.18. The van der Waals surface area contributed by atoms with Crippen molar-refractivity contribution in [3.05, 3.63) is 0 Å². The molecule has 0 unspecified atom stereocenters. The van der Waals surface area contributed by atoms with Crippen molar-refractivity contribution in [2.75, 3.05) is 20.1 Å². The molecule has 1 aliphatic rings. The number of hydrogen-bond acceptors (Lipinski definition) is 3. The van der Waals surface area contributed by atoms with E-state index in [-0.39, 0.29) is 11.8 Å². The zero-order chi connectivity index (χ0) is 12.0. The van der Waals surface area contributed by atoms with E-state index in [4.69, 9.17) is 5.11 Å². The highest BCUT2D eigenvalue weighted by atomic mass is 16.4. The molecule has 0 heterocycles. The summed E-state index contributed by atoms with van der Waals surface area (Å²) in [6.45, 7) is 1.01. The molecule has 0 atom stereocenters. The van der Waals surface area contributed by atoms with Crippen LogP contribution >= 0.6 is 0 Å². The first-order chi connectivity index (χ1) is 7.63. The van der Waals surface area contributed by atoms with Crippen LogP contribution < -0.4 is 10.6 Å². The van der Waals surface area contributed by atoms with Gasteiger partial charge < -0.3 is 15.7 Å². The highest BCUT2D eigenvalue weighted by Gasteiger charge is 2.25. The van der Waals surface area contributed by atoms with Crippen molar-refractivity contribution >= 4 is 11.9 Å². The minimum atomic E-state index is -0.683. The van der Waals surface area contributed by atoms with Crippen molar-refractivity contribution < 1.29 is 14.7 Å². The fraction of sp³-hybridized carbons (Fsp3) is 0.818. The molecule has 0 saturated heterocycles. The number of carboxylic acid groups (broad SMARTS) is 1. The van der Waals surface area contributed by atoms with Gasteiger partial charge in [0, 0.05) is 6.54 Å². The van der Waals surface area contributed by atoms with E-state index in [9.17, 15) is 9.59 Å². The third-order valence-corrected chi connectivity index (χ3v) is 3.12. The van der Waals surface area contributed by atoms with Gasteiger partial charge in [0.2, 0.25) is 5.91 Å². The van der Waals surface area contributed by atoms with Crippen molar-refractivity contribution in [2.45, 2.75) is 25.7 Å². The fourth-order valence-corrected chi connectivity index (χ4v) is 2.09. The summed E-state index contributed by atoms with van der Waals surface area (Å²) >= 11 is 0. The number of aliphatic carboxylic acids is 1. The zero-order valence-corrected chi connectivity index (χ0v) is 9.66. The lowest BCUT2D eigenvalue weighted by Gasteiger charge is -2.26. The van der Waals surface area contributed by atoms with Gasteiger partial charge in [0.1, 0.15) is 0 Å².